The van der Waals surface area contributed by atoms with Gasteiger partial charge in [0, 0.05) is 12.1 Å². The van der Waals surface area contributed by atoms with E-state index in [0.29, 0.717) is 12.1 Å². The molecule has 1 aromatic carbocycles. The molecule has 0 radical (unpaired) electrons. The summed E-state index contributed by atoms with van der Waals surface area (Å²) >= 11 is 0. The van der Waals surface area contributed by atoms with Gasteiger partial charge in [0.1, 0.15) is 0 Å². The Kier molecular flexibility index (Phi) is 7.03. The van der Waals surface area contributed by atoms with Crippen molar-refractivity contribution in [3.63, 3.8) is 0 Å². The minimum absolute atomic E-state index is 0. The van der Waals surface area contributed by atoms with Crippen LogP contribution >= 0.6 is 12.4 Å². The third kappa shape index (κ3) is 4.50. The molecule has 1 heterocycles. The van der Waals surface area contributed by atoms with Crippen LogP contribution in [-0.4, -0.2) is 24.5 Å². The number of carbonyl (C=O) groups is 1. The van der Waals surface area contributed by atoms with Gasteiger partial charge < -0.3 is 10.6 Å². The molecule has 0 aliphatic carbocycles. The zero-order valence-corrected chi connectivity index (χ0v) is 13.1. The monoisotopic (exact) mass is 296 g/mol. The lowest BCUT2D eigenvalue weighted by Gasteiger charge is -2.30. The van der Waals surface area contributed by atoms with Crippen LogP contribution in [0.25, 0.3) is 0 Å². The number of halogens is 1. The average Bonchev–Trinajstić information content (AvgIpc) is 2.41. The van der Waals surface area contributed by atoms with Crippen molar-refractivity contribution in [1.29, 1.82) is 0 Å². The Morgan fingerprint density at radius 3 is 2.70 bits per heavy atom. The fraction of sp³-hybridized carbons (Fsp3) is 0.562. The second-order valence-electron chi connectivity index (χ2n) is 5.46. The van der Waals surface area contributed by atoms with E-state index in [1.807, 2.05) is 30.3 Å². The summed E-state index contributed by atoms with van der Waals surface area (Å²) in [5.41, 5.74) is 1.12. The molecule has 3 nitrogen and oxygen atoms in total. The maximum Gasteiger partial charge on any atom is 0.227 e. The maximum atomic E-state index is 12.4. The third-order valence-corrected chi connectivity index (χ3v) is 3.90. The number of hydrogen-bond acceptors (Lipinski definition) is 2. The van der Waals surface area contributed by atoms with Gasteiger partial charge in [0.2, 0.25) is 5.91 Å². The third-order valence-electron chi connectivity index (χ3n) is 3.90. The van der Waals surface area contributed by atoms with Gasteiger partial charge in [0.05, 0.1) is 5.92 Å². The summed E-state index contributed by atoms with van der Waals surface area (Å²) in [4.78, 5) is 12.4. The standard InChI is InChI=1S/C16H24N2O.ClH/c1-3-15(13-7-5-4-6-8-13)16(19)18-14-9-10-17-12(2)11-14;/h4-8,12,14-15,17H,3,9-11H2,1-2H3,(H,18,19);1H. The molecule has 4 heteroatoms. The number of amides is 1. The van der Waals surface area contributed by atoms with E-state index in [4.69, 9.17) is 0 Å². The molecule has 0 aromatic heterocycles. The molecule has 1 fully saturated rings. The van der Waals surface area contributed by atoms with Crippen LogP contribution in [0.3, 0.4) is 0 Å². The molecule has 0 bridgehead atoms. The van der Waals surface area contributed by atoms with Crippen molar-refractivity contribution in [2.45, 2.75) is 51.1 Å². The molecule has 2 rings (SSSR count). The highest BCUT2D eigenvalue weighted by molar-refractivity contribution is 5.85. The van der Waals surface area contributed by atoms with Gasteiger partial charge in [0.25, 0.3) is 0 Å². The van der Waals surface area contributed by atoms with Gasteiger partial charge in [-0.25, -0.2) is 0 Å². The number of nitrogens with one attached hydrogen (secondary N) is 2. The Hall–Kier alpha value is -1.06. The lowest BCUT2D eigenvalue weighted by Crippen LogP contribution is -2.47. The highest BCUT2D eigenvalue weighted by Gasteiger charge is 2.24. The largest absolute Gasteiger partial charge is 0.353 e. The second kappa shape index (κ2) is 8.28. The Morgan fingerprint density at radius 1 is 1.40 bits per heavy atom. The van der Waals surface area contributed by atoms with Crippen LogP contribution in [0, 0.1) is 0 Å². The molecule has 3 atom stereocenters. The van der Waals surface area contributed by atoms with E-state index < -0.39 is 0 Å². The molecule has 3 unspecified atom stereocenters. The zero-order valence-electron chi connectivity index (χ0n) is 12.3. The molecule has 112 valence electrons. The fourth-order valence-electron chi connectivity index (χ4n) is 2.82. The predicted octanol–water partition coefficient (Wildman–Crippen LogP) is 2.86. The first-order valence-corrected chi connectivity index (χ1v) is 7.29. The van der Waals surface area contributed by atoms with Crippen LogP contribution in [0.2, 0.25) is 0 Å². The topological polar surface area (TPSA) is 41.1 Å². The van der Waals surface area contributed by atoms with Gasteiger partial charge in [-0.15, -0.1) is 12.4 Å². The second-order valence-corrected chi connectivity index (χ2v) is 5.46. The van der Waals surface area contributed by atoms with Gasteiger partial charge >= 0.3 is 0 Å². The number of carbonyl (C=O) groups excluding carboxylic acids is 1. The Bertz CT molecular complexity index is 410. The highest BCUT2D eigenvalue weighted by Crippen LogP contribution is 2.20. The molecule has 2 N–H and O–H groups in total. The molecule has 1 aliphatic heterocycles. The van der Waals surface area contributed by atoms with Crippen LogP contribution < -0.4 is 10.6 Å². The van der Waals surface area contributed by atoms with E-state index in [-0.39, 0.29) is 24.2 Å². The summed E-state index contributed by atoms with van der Waals surface area (Å²) in [6.07, 6.45) is 2.90. The molecule has 1 amide bonds. The van der Waals surface area contributed by atoms with Crippen LogP contribution in [0.5, 0.6) is 0 Å². The zero-order chi connectivity index (χ0) is 13.7. The lowest BCUT2D eigenvalue weighted by molar-refractivity contribution is -0.123. The molecule has 1 aromatic rings. The molecule has 1 aliphatic rings. The average molecular weight is 297 g/mol. The summed E-state index contributed by atoms with van der Waals surface area (Å²) in [7, 11) is 0. The van der Waals surface area contributed by atoms with Crippen LogP contribution in [0.1, 0.15) is 44.6 Å². The molecule has 0 saturated carbocycles. The summed E-state index contributed by atoms with van der Waals surface area (Å²) in [5, 5.41) is 6.63. The van der Waals surface area contributed by atoms with Crippen molar-refractivity contribution in [3.05, 3.63) is 35.9 Å². The summed E-state index contributed by atoms with van der Waals surface area (Å²) in [6, 6.07) is 10.9. The lowest BCUT2D eigenvalue weighted by atomic mass is 9.94. The van der Waals surface area contributed by atoms with E-state index in [1.54, 1.807) is 0 Å². The van der Waals surface area contributed by atoms with Crippen LogP contribution in [0.4, 0.5) is 0 Å². The fourth-order valence-corrected chi connectivity index (χ4v) is 2.82. The van der Waals surface area contributed by atoms with Gasteiger partial charge in [-0.05, 0) is 38.3 Å². The van der Waals surface area contributed by atoms with Gasteiger partial charge in [-0.3, -0.25) is 4.79 Å². The van der Waals surface area contributed by atoms with E-state index in [2.05, 4.69) is 24.5 Å². The predicted molar refractivity (Wildman–Crippen MR) is 85.4 cm³/mol. The molecular weight excluding hydrogens is 272 g/mol. The number of rotatable bonds is 4. The van der Waals surface area contributed by atoms with E-state index in [1.165, 1.54) is 0 Å². The minimum Gasteiger partial charge on any atom is -0.353 e. The molecule has 1 saturated heterocycles. The quantitative estimate of drug-likeness (QED) is 0.897. The summed E-state index contributed by atoms with van der Waals surface area (Å²) in [5.74, 6) is 0.152. The number of hydrogen-bond donors (Lipinski definition) is 2. The smallest absolute Gasteiger partial charge is 0.227 e. The van der Waals surface area contributed by atoms with Crippen molar-refractivity contribution in [2.24, 2.45) is 0 Å². The van der Waals surface area contributed by atoms with Gasteiger partial charge in [0.15, 0.2) is 0 Å². The van der Waals surface area contributed by atoms with E-state index in [0.717, 1.165) is 31.4 Å². The van der Waals surface area contributed by atoms with Crippen LogP contribution in [-0.2, 0) is 4.79 Å². The minimum atomic E-state index is -0.0219. The summed E-state index contributed by atoms with van der Waals surface area (Å²) < 4.78 is 0. The first kappa shape index (κ1) is 17.0. The van der Waals surface area contributed by atoms with Crippen molar-refractivity contribution in [1.82, 2.24) is 10.6 Å². The van der Waals surface area contributed by atoms with E-state index >= 15 is 0 Å². The Morgan fingerprint density at radius 2 is 2.10 bits per heavy atom. The van der Waals surface area contributed by atoms with Crippen molar-refractivity contribution in [2.75, 3.05) is 6.54 Å². The first-order valence-electron chi connectivity index (χ1n) is 7.29. The van der Waals surface area contributed by atoms with Crippen molar-refractivity contribution in [3.8, 4) is 0 Å². The van der Waals surface area contributed by atoms with Crippen molar-refractivity contribution >= 4 is 18.3 Å². The maximum absolute atomic E-state index is 12.4. The summed E-state index contributed by atoms with van der Waals surface area (Å²) in [6.45, 7) is 5.24. The number of benzene rings is 1. The van der Waals surface area contributed by atoms with Gasteiger partial charge in [-0.1, -0.05) is 37.3 Å². The van der Waals surface area contributed by atoms with Crippen molar-refractivity contribution < 1.29 is 4.79 Å². The van der Waals surface area contributed by atoms with E-state index in [9.17, 15) is 4.79 Å². The molecular formula is C16H25ClN2O. The number of piperidine rings is 1. The first-order chi connectivity index (χ1) is 9.20. The normalized spacial score (nSPS) is 23.5. The SMILES string of the molecule is CCC(C(=O)NC1CCNC(C)C1)c1ccccc1.Cl. The molecule has 20 heavy (non-hydrogen) atoms. The van der Waals surface area contributed by atoms with Crippen LogP contribution in [0.15, 0.2) is 30.3 Å². The highest BCUT2D eigenvalue weighted by atomic mass is 35.5. The Labute approximate surface area is 127 Å². The van der Waals surface area contributed by atoms with Gasteiger partial charge in [-0.2, -0.15) is 0 Å². The molecule has 0 spiro atoms. The Balaban J connectivity index is 0.00000200.